The molecule has 4 heterocycles. The van der Waals surface area contributed by atoms with Gasteiger partial charge in [0.2, 0.25) is 5.95 Å². The van der Waals surface area contributed by atoms with Crippen LogP contribution in [-0.4, -0.2) is 67.1 Å². The van der Waals surface area contributed by atoms with Crippen molar-refractivity contribution in [1.29, 1.82) is 0 Å². The molecule has 4 rings (SSSR count). The monoisotopic (exact) mass is 388 g/mol. The summed E-state index contributed by atoms with van der Waals surface area (Å²) in [6.45, 7) is 5.40. The molecule has 2 aromatic rings. The summed E-state index contributed by atoms with van der Waals surface area (Å²) in [5.41, 5.74) is 0.871. The van der Waals surface area contributed by atoms with Crippen molar-refractivity contribution in [3.63, 3.8) is 0 Å². The number of nitrogens with zero attached hydrogens (tertiary/aromatic N) is 5. The Morgan fingerprint density at radius 2 is 1.81 bits per heavy atom. The molecule has 2 aliphatic rings. The summed E-state index contributed by atoms with van der Waals surface area (Å²) in [7, 11) is -2.93. The Kier molecular flexibility index (Phi) is 4.86. The number of rotatable bonds is 4. The first-order valence-corrected chi connectivity index (χ1v) is 11.0. The zero-order chi connectivity index (χ0) is 18.9. The van der Waals surface area contributed by atoms with Gasteiger partial charge in [0.15, 0.2) is 9.84 Å². The van der Waals surface area contributed by atoms with Crippen LogP contribution < -0.4 is 15.1 Å². The first-order chi connectivity index (χ1) is 13.0. The summed E-state index contributed by atoms with van der Waals surface area (Å²) in [4.78, 5) is 18.0. The molecule has 0 radical (unpaired) electrons. The highest BCUT2D eigenvalue weighted by atomic mass is 32.2. The van der Waals surface area contributed by atoms with Crippen LogP contribution >= 0.6 is 0 Å². The van der Waals surface area contributed by atoms with E-state index < -0.39 is 9.84 Å². The van der Waals surface area contributed by atoms with Crippen LogP contribution in [0.5, 0.6) is 0 Å². The Hall–Kier alpha value is -2.42. The molecule has 0 amide bonds. The van der Waals surface area contributed by atoms with Crippen LogP contribution in [0.1, 0.15) is 12.1 Å². The van der Waals surface area contributed by atoms with Gasteiger partial charge >= 0.3 is 0 Å². The molecule has 0 saturated carbocycles. The molecule has 1 atom stereocenters. The molecule has 0 aliphatic carbocycles. The number of piperazine rings is 1. The molecule has 9 heteroatoms. The Labute approximate surface area is 159 Å². The van der Waals surface area contributed by atoms with Gasteiger partial charge in [-0.05, 0) is 25.5 Å². The molecule has 144 valence electrons. The van der Waals surface area contributed by atoms with Crippen LogP contribution in [0.25, 0.3) is 0 Å². The van der Waals surface area contributed by atoms with Crippen LogP contribution in [0, 0.1) is 6.92 Å². The summed E-state index contributed by atoms with van der Waals surface area (Å²) < 4.78 is 23.3. The molecule has 2 fully saturated rings. The fourth-order valence-corrected chi connectivity index (χ4v) is 5.25. The number of pyridine rings is 1. The quantitative estimate of drug-likeness (QED) is 0.833. The molecule has 0 bridgehead atoms. The van der Waals surface area contributed by atoms with E-state index >= 15 is 0 Å². The topological polar surface area (TPSA) is 91.3 Å². The van der Waals surface area contributed by atoms with Crippen molar-refractivity contribution in [2.24, 2.45) is 0 Å². The van der Waals surface area contributed by atoms with Gasteiger partial charge < -0.3 is 15.1 Å². The van der Waals surface area contributed by atoms with E-state index in [1.54, 1.807) is 0 Å². The summed E-state index contributed by atoms with van der Waals surface area (Å²) >= 11 is 0. The van der Waals surface area contributed by atoms with Crippen LogP contribution in [0.3, 0.4) is 0 Å². The van der Waals surface area contributed by atoms with Crippen molar-refractivity contribution in [2.45, 2.75) is 19.4 Å². The summed E-state index contributed by atoms with van der Waals surface area (Å²) in [6, 6.07) is 7.83. The largest absolute Gasteiger partial charge is 0.353 e. The summed E-state index contributed by atoms with van der Waals surface area (Å²) in [5, 5.41) is 3.20. The van der Waals surface area contributed by atoms with Gasteiger partial charge in [0.05, 0.1) is 11.5 Å². The van der Waals surface area contributed by atoms with Crippen molar-refractivity contribution in [1.82, 2.24) is 15.0 Å². The molecule has 0 spiro atoms. The lowest BCUT2D eigenvalue weighted by atomic mass is 10.2. The predicted octanol–water partition coefficient (Wildman–Crippen LogP) is 1.11. The van der Waals surface area contributed by atoms with Crippen LogP contribution in [0.15, 0.2) is 30.5 Å². The minimum Gasteiger partial charge on any atom is -0.353 e. The van der Waals surface area contributed by atoms with E-state index in [-0.39, 0.29) is 17.5 Å². The molecule has 8 nitrogen and oxygen atoms in total. The maximum Gasteiger partial charge on any atom is 0.225 e. The van der Waals surface area contributed by atoms with E-state index in [9.17, 15) is 8.42 Å². The van der Waals surface area contributed by atoms with E-state index in [1.165, 1.54) is 0 Å². The van der Waals surface area contributed by atoms with Gasteiger partial charge in [0.25, 0.3) is 0 Å². The van der Waals surface area contributed by atoms with Crippen molar-refractivity contribution < 1.29 is 8.42 Å². The number of aryl methyl sites for hydroxylation is 1. The lowest BCUT2D eigenvalue weighted by molar-refractivity contribution is 0.602. The van der Waals surface area contributed by atoms with Crippen LogP contribution in [-0.2, 0) is 9.84 Å². The van der Waals surface area contributed by atoms with Gasteiger partial charge in [-0.3, -0.25) is 0 Å². The molecule has 1 N–H and O–H groups in total. The van der Waals surface area contributed by atoms with Gasteiger partial charge in [-0.15, -0.1) is 0 Å². The lowest BCUT2D eigenvalue weighted by Gasteiger charge is -2.36. The first kappa shape index (κ1) is 18.0. The molecular weight excluding hydrogens is 364 g/mol. The minimum atomic E-state index is -2.93. The van der Waals surface area contributed by atoms with Gasteiger partial charge in [-0.1, -0.05) is 6.07 Å². The Balaban J connectivity index is 1.43. The molecule has 27 heavy (non-hydrogen) atoms. The number of hydrogen-bond donors (Lipinski definition) is 1. The van der Waals surface area contributed by atoms with Gasteiger partial charge in [-0.25, -0.2) is 18.4 Å². The third-order valence-electron chi connectivity index (χ3n) is 4.98. The van der Waals surface area contributed by atoms with E-state index in [2.05, 4.69) is 30.1 Å². The summed E-state index contributed by atoms with van der Waals surface area (Å²) in [6.07, 6.45) is 2.42. The molecule has 2 saturated heterocycles. The highest BCUT2D eigenvalue weighted by Crippen LogP contribution is 2.21. The zero-order valence-electron chi connectivity index (χ0n) is 15.4. The first-order valence-electron chi connectivity index (χ1n) is 9.22. The average molecular weight is 388 g/mol. The lowest BCUT2D eigenvalue weighted by Crippen LogP contribution is -2.47. The number of sulfone groups is 1. The standard InChI is InChI=1S/C18H24N6O2S/c1-14-12-17(22-18(20-14)21-15-5-11-27(25,26)13-15)24-9-7-23(8-10-24)16-4-2-3-6-19-16/h2-4,6,12,15H,5,7-11,13H2,1H3,(H,20,21,22). The van der Waals surface area contributed by atoms with Crippen molar-refractivity contribution in [3.8, 4) is 0 Å². The Morgan fingerprint density at radius 3 is 2.44 bits per heavy atom. The molecule has 0 aromatic carbocycles. The van der Waals surface area contributed by atoms with Crippen molar-refractivity contribution in [2.75, 3.05) is 52.8 Å². The van der Waals surface area contributed by atoms with E-state index in [1.807, 2.05) is 37.4 Å². The number of nitrogens with one attached hydrogen (secondary N) is 1. The third kappa shape index (κ3) is 4.29. The molecule has 2 aromatic heterocycles. The van der Waals surface area contributed by atoms with E-state index in [4.69, 9.17) is 0 Å². The number of hydrogen-bond acceptors (Lipinski definition) is 8. The normalized spacial score (nSPS) is 22.0. The fourth-order valence-electron chi connectivity index (χ4n) is 3.58. The number of anilines is 3. The molecule has 1 unspecified atom stereocenters. The summed E-state index contributed by atoms with van der Waals surface area (Å²) in [5.74, 6) is 2.79. The molecular formula is C18H24N6O2S. The Morgan fingerprint density at radius 1 is 1.07 bits per heavy atom. The maximum absolute atomic E-state index is 11.7. The maximum atomic E-state index is 11.7. The number of aromatic nitrogens is 3. The van der Waals surface area contributed by atoms with E-state index in [0.717, 1.165) is 43.5 Å². The van der Waals surface area contributed by atoms with Gasteiger partial charge in [0, 0.05) is 50.2 Å². The smallest absolute Gasteiger partial charge is 0.225 e. The SMILES string of the molecule is Cc1cc(N2CCN(c3ccccn3)CC2)nc(NC2CCS(=O)(=O)C2)n1. The minimum absolute atomic E-state index is 0.106. The fraction of sp³-hybridized carbons (Fsp3) is 0.500. The second-order valence-corrected chi connectivity index (χ2v) is 9.33. The van der Waals surface area contributed by atoms with Crippen LogP contribution in [0.4, 0.5) is 17.6 Å². The van der Waals surface area contributed by atoms with Gasteiger partial charge in [0.1, 0.15) is 11.6 Å². The third-order valence-corrected chi connectivity index (χ3v) is 6.75. The van der Waals surface area contributed by atoms with Crippen LogP contribution in [0.2, 0.25) is 0 Å². The van der Waals surface area contributed by atoms with Crippen molar-refractivity contribution >= 4 is 27.4 Å². The zero-order valence-corrected chi connectivity index (χ0v) is 16.2. The predicted molar refractivity (Wildman–Crippen MR) is 106 cm³/mol. The highest BCUT2D eigenvalue weighted by Gasteiger charge is 2.28. The highest BCUT2D eigenvalue weighted by molar-refractivity contribution is 7.91. The molecule has 2 aliphatic heterocycles. The Bertz CT molecular complexity index is 897. The van der Waals surface area contributed by atoms with Gasteiger partial charge in [-0.2, -0.15) is 4.98 Å². The second kappa shape index (κ2) is 7.30. The van der Waals surface area contributed by atoms with E-state index in [0.29, 0.717) is 12.4 Å². The second-order valence-electron chi connectivity index (χ2n) is 7.10. The average Bonchev–Trinajstić information content (AvgIpc) is 3.00. The van der Waals surface area contributed by atoms with Crippen molar-refractivity contribution in [3.05, 3.63) is 36.2 Å².